The maximum absolute atomic E-state index is 10.9. The van der Waals surface area contributed by atoms with Crippen LogP contribution in [0.1, 0.15) is 25.8 Å². The second-order valence-corrected chi connectivity index (χ2v) is 4.95. The predicted molar refractivity (Wildman–Crippen MR) is 75.8 cm³/mol. The van der Waals surface area contributed by atoms with Gasteiger partial charge in [-0.25, -0.2) is 0 Å². The minimum atomic E-state index is -0.832. The Kier molecular flexibility index (Phi) is 6.12. The Balaban J connectivity index is 2.94. The molecule has 0 aliphatic heterocycles. The molecule has 0 heterocycles. The molecule has 5 heteroatoms. The summed E-state index contributed by atoms with van der Waals surface area (Å²) in [5.74, 6) is -0.107. The number of benzene rings is 1. The van der Waals surface area contributed by atoms with Crippen molar-refractivity contribution >= 4 is 17.6 Å². The molecule has 0 radical (unpaired) electrons. The van der Waals surface area contributed by atoms with Crippen molar-refractivity contribution in [2.75, 3.05) is 13.7 Å². The number of ether oxygens (including phenoxy) is 1. The summed E-state index contributed by atoms with van der Waals surface area (Å²) >= 11 is 5.99. The van der Waals surface area contributed by atoms with Crippen LogP contribution < -0.4 is 4.74 Å². The van der Waals surface area contributed by atoms with Crippen LogP contribution in [0.5, 0.6) is 5.75 Å². The maximum Gasteiger partial charge on any atom is 0.317 e. The summed E-state index contributed by atoms with van der Waals surface area (Å²) in [6.07, 6.45) is 0.885. The molecule has 0 fully saturated rings. The number of nitrogens with zero attached hydrogens (tertiary/aromatic N) is 1. The van der Waals surface area contributed by atoms with Crippen molar-refractivity contribution in [1.82, 2.24) is 4.90 Å². The third kappa shape index (κ3) is 4.73. The van der Waals surface area contributed by atoms with E-state index in [0.29, 0.717) is 11.6 Å². The lowest BCUT2D eigenvalue weighted by molar-refractivity contribution is -0.139. The average Bonchev–Trinajstić information content (AvgIpc) is 2.36. The summed E-state index contributed by atoms with van der Waals surface area (Å²) in [5.41, 5.74) is 0.900. The SMILES string of the molecule is CCC(C)N(CC(=O)O)Cc1cc(Cl)ccc1OC. The molecule has 1 atom stereocenters. The van der Waals surface area contributed by atoms with E-state index in [2.05, 4.69) is 0 Å². The van der Waals surface area contributed by atoms with E-state index in [9.17, 15) is 4.79 Å². The molecule has 0 aliphatic carbocycles. The highest BCUT2D eigenvalue weighted by atomic mass is 35.5. The van der Waals surface area contributed by atoms with Crippen molar-refractivity contribution in [3.05, 3.63) is 28.8 Å². The van der Waals surface area contributed by atoms with Gasteiger partial charge in [0.25, 0.3) is 0 Å². The van der Waals surface area contributed by atoms with Crippen molar-refractivity contribution < 1.29 is 14.6 Å². The van der Waals surface area contributed by atoms with Gasteiger partial charge in [-0.05, 0) is 31.5 Å². The van der Waals surface area contributed by atoms with E-state index in [1.165, 1.54) is 0 Å². The molecule has 1 rings (SSSR count). The van der Waals surface area contributed by atoms with Crippen LogP contribution in [-0.2, 0) is 11.3 Å². The summed E-state index contributed by atoms with van der Waals surface area (Å²) < 4.78 is 5.29. The van der Waals surface area contributed by atoms with Crippen LogP contribution in [-0.4, -0.2) is 35.7 Å². The number of carbonyl (C=O) groups is 1. The van der Waals surface area contributed by atoms with Gasteiger partial charge in [0.1, 0.15) is 5.75 Å². The Bertz CT molecular complexity index is 437. The quantitative estimate of drug-likeness (QED) is 0.836. The van der Waals surface area contributed by atoms with Gasteiger partial charge < -0.3 is 9.84 Å². The molecule has 1 N–H and O–H groups in total. The molecular formula is C14H20ClNO3. The Hall–Kier alpha value is -1.26. The van der Waals surface area contributed by atoms with Crippen molar-refractivity contribution in [1.29, 1.82) is 0 Å². The number of hydrogen-bond acceptors (Lipinski definition) is 3. The van der Waals surface area contributed by atoms with Crippen LogP contribution in [0.25, 0.3) is 0 Å². The maximum atomic E-state index is 10.9. The summed E-state index contributed by atoms with van der Waals surface area (Å²) in [6, 6.07) is 5.55. The lowest BCUT2D eigenvalue weighted by atomic mass is 10.1. The zero-order valence-electron chi connectivity index (χ0n) is 11.5. The Morgan fingerprint density at radius 1 is 1.53 bits per heavy atom. The molecule has 4 nitrogen and oxygen atoms in total. The highest BCUT2D eigenvalue weighted by molar-refractivity contribution is 6.30. The number of methoxy groups -OCH3 is 1. The van der Waals surface area contributed by atoms with E-state index in [-0.39, 0.29) is 12.6 Å². The summed E-state index contributed by atoms with van der Waals surface area (Å²) in [4.78, 5) is 12.8. The number of hydrogen-bond donors (Lipinski definition) is 1. The van der Waals surface area contributed by atoms with E-state index in [0.717, 1.165) is 17.7 Å². The third-order valence-electron chi connectivity index (χ3n) is 3.17. The number of aliphatic carboxylic acids is 1. The van der Waals surface area contributed by atoms with Gasteiger partial charge in [0, 0.05) is 23.2 Å². The fraction of sp³-hybridized carbons (Fsp3) is 0.500. The van der Waals surface area contributed by atoms with Crippen LogP contribution in [0.2, 0.25) is 5.02 Å². The van der Waals surface area contributed by atoms with Crippen molar-refractivity contribution in [3.8, 4) is 5.75 Å². The van der Waals surface area contributed by atoms with Gasteiger partial charge in [0.2, 0.25) is 0 Å². The Morgan fingerprint density at radius 2 is 2.21 bits per heavy atom. The fourth-order valence-corrected chi connectivity index (χ4v) is 2.08. The lowest BCUT2D eigenvalue weighted by Gasteiger charge is -2.27. The van der Waals surface area contributed by atoms with Crippen molar-refractivity contribution in [2.24, 2.45) is 0 Å². The van der Waals surface area contributed by atoms with Gasteiger partial charge in [-0.2, -0.15) is 0 Å². The van der Waals surface area contributed by atoms with E-state index in [1.807, 2.05) is 24.8 Å². The van der Waals surface area contributed by atoms with Gasteiger partial charge in [0.05, 0.1) is 13.7 Å². The predicted octanol–water partition coefficient (Wildman–Crippen LogP) is 3.03. The number of rotatable bonds is 7. The smallest absolute Gasteiger partial charge is 0.317 e. The topological polar surface area (TPSA) is 49.8 Å². The van der Waals surface area contributed by atoms with Crippen molar-refractivity contribution in [2.45, 2.75) is 32.9 Å². The molecule has 0 aliphatic rings. The van der Waals surface area contributed by atoms with Crippen LogP contribution >= 0.6 is 11.6 Å². The first-order valence-electron chi connectivity index (χ1n) is 6.26. The van der Waals surface area contributed by atoms with Gasteiger partial charge in [0.15, 0.2) is 0 Å². The molecule has 0 saturated heterocycles. The lowest BCUT2D eigenvalue weighted by Crippen LogP contribution is -2.36. The molecular weight excluding hydrogens is 266 g/mol. The molecule has 0 aromatic heterocycles. The first-order valence-corrected chi connectivity index (χ1v) is 6.64. The van der Waals surface area contributed by atoms with E-state index in [4.69, 9.17) is 21.4 Å². The average molecular weight is 286 g/mol. The minimum Gasteiger partial charge on any atom is -0.496 e. The molecule has 0 bridgehead atoms. The van der Waals surface area contributed by atoms with E-state index < -0.39 is 5.97 Å². The zero-order valence-corrected chi connectivity index (χ0v) is 12.3. The van der Waals surface area contributed by atoms with Gasteiger partial charge in [-0.3, -0.25) is 9.69 Å². The molecule has 1 aromatic rings. The third-order valence-corrected chi connectivity index (χ3v) is 3.40. The van der Waals surface area contributed by atoms with Crippen LogP contribution in [0, 0.1) is 0 Å². The molecule has 1 unspecified atom stereocenters. The van der Waals surface area contributed by atoms with Crippen LogP contribution in [0.4, 0.5) is 0 Å². The van der Waals surface area contributed by atoms with Crippen LogP contribution in [0.3, 0.4) is 0 Å². The van der Waals surface area contributed by atoms with E-state index >= 15 is 0 Å². The summed E-state index contributed by atoms with van der Waals surface area (Å²) in [6.45, 7) is 4.56. The molecule has 19 heavy (non-hydrogen) atoms. The minimum absolute atomic E-state index is 0.00464. The molecule has 0 amide bonds. The highest BCUT2D eigenvalue weighted by Crippen LogP contribution is 2.24. The standard InChI is InChI=1S/C14H20ClNO3/c1-4-10(2)16(9-14(17)18)8-11-7-12(15)5-6-13(11)19-3/h5-7,10H,4,8-9H2,1-3H3,(H,17,18). The zero-order chi connectivity index (χ0) is 14.4. The number of carboxylic acids is 1. The normalized spacial score (nSPS) is 12.5. The summed E-state index contributed by atoms with van der Waals surface area (Å²) in [5, 5.41) is 9.61. The first kappa shape index (κ1) is 15.8. The van der Waals surface area contributed by atoms with Crippen LogP contribution in [0.15, 0.2) is 18.2 Å². The number of halogens is 1. The second-order valence-electron chi connectivity index (χ2n) is 4.51. The first-order chi connectivity index (χ1) is 8.97. The largest absolute Gasteiger partial charge is 0.496 e. The monoisotopic (exact) mass is 285 g/mol. The van der Waals surface area contributed by atoms with Gasteiger partial charge in [-0.1, -0.05) is 18.5 Å². The van der Waals surface area contributed by atoms with Crippen molar-refractivity contribution in [3.63, 3.8) is 0 Å². The highest BCUT2D eigenvalue weighted by Gasteiger charge is 2.17. The molecule has 0 spiro atoms. The number of carboxylic acid groups (broad SMARTS) is 1. The molecule has 106 valence electrons. The Morgan fingerprint density at radius 3 is 2.74 bits per heavy atom. The van der Waals surface area contributed by atoms with Gasteiger partial charge in [-0.15, -0.1) is 0 Å². The molecule has 1 aromatic carbocycles. The summed E-state index contributed by atoms with van der Waals surface area (Å²) in [7, 11) is 1.59. The fourth-order valence-electron chi connectivity index (χ4n) is 1.89. The van der Waals surface area contributed by atoms with E-state index in [1.54, 1.807) is 19.2 Å². The van der Waals surface area contributed by atoms with Gasteiger partial charge >= 0.3 is 5.97 Å². The molecule has 0 saturated carbocycles. The Labute approximate surface area is 118 Å². The second kappa shape index (κ2) is 7.36.